The standard InChI is InChI=1S/C25H28N4O6S2/c1-25(2)23(31)28(24(32)27(25)3)12-13-29(21(22(30)26-33)18-7-5-4-6-8-18)37(34,35)16-17-9-10-20-19(15-17)11-14-36-20/h4-11,14-15,21,33H,12-13,16H2,1-3H3,(H,26,30). The zero-order valence-corrected chi connectivity index (χ0v) is 22.3. The molecule has 4 rings (SSSR count). The van der Waals surface area contributed by atoms with Gasteiger partial charge in [-0.25, -0.2) is 18.7 Å². The number of carbonyl (C=O) groups excluding carboxylic acids is 3. The molecule has 1 fully saturated rings. The van der Waals surface area contributed by atoms with E-state index in [1.165, 1.54) is 23.3 Å². The van der Waals surface area contributed by atoms with Crippen molar-refractivity contribution < 1.29 is 28.0 Å². The van der Waals surface area contributed by atoms with Gasteiger partial charge in [0.05, 0.1) is 5.75 Å². The van der Waals surface area contributed by atoms with E-state index in [-0.39, 0.29) is 13.1 Å². The van der Waals surface area contributed by atoms with Crippen LogP contribution >= 0.6 is 11.3 Å². The van der Waals surface area contributed by atoms with E-state index in [0.29, 0.717) is 11.1 Å². The van der Waals surface area contributed by atoms with Crippen molar-refractivity contribution in [3.63, 3.8) is 0 Å². The van der Waals surface area contributed by atoms with Crippen molar-refractivity contribution in [3.8, 4) is 0 Å². The van der Waals surface area contributed by atoms with Crippen molar-refractivity contribution in [1.82, 2.24) is 19.6 Å². The summed E-state index contributed by atoms with van der Waals surface area (Å²) in [5, 5.41) is 12.3. The lowest BCUT2D eigenvalue weighted by atomic mass is 10.1. The van der Waals surface area contributed by atoms with E-state index in [1.807, 2.05) is 17.5 Å². The van der Waals surface area contributed by atoms with Crippen molar-refractivity contribution in [1.29, 1.82) is 0 Å². The third kappa shape index (κ3) is 5.10. The summed E-state index contributed by atoms with van der Waals surface area (Å²) in [6.45, 7) is 2.59. The lowest BCUT2D eigenvalue weighted by Crippen LogP contribution is -2.47. The molecule has 0 aliphatic carbocycles. The molecule has 12 heteroatoms. The van der Waals surface area contributed by atoms with Gasteiger partial charge >= 0.3 is 6.03 Å². The molecule has 4 amide bonds. The van der Waals surface area contributed by atoms with E-state index in [0.717, 1.165) is 19.3 Å². The maximum Gasteiger partial charge on any atom is 0.327 e. The number of hydroxylamine groups is 1. The van der Waals surface area contributed by atoms with Crippen LogP contribution in [-0.4, -0.2) is 71.3 Å². The Morgan fingerprint density at radius 1 is 1.14 bits per heavy atom. The van der Waals surface area contributed by atoms with Crippen LogP contribution in [0.25, 0.3) is 10.1 Å². The predicted octanol–water partition coefficient (Wildman–Crippen LogP) is 2.95. The SMILES string of the molecule is CN1C(=O)N(CCN(C(C(=O)NO)c2ccccc2)S(=O)(=O)Cc2ccc3sccc3c2)C(=O)C1(C)C. The van der Waals surface area contributed by atoms with Crippen molar-refractivity contribution in [3.05, 3.63) is 71.1 Å². The smallest absolute Gasteiger partial charge is 0.313 e. The molecule has 0 spiro atoms. The summed E-state index contributed by atoms with van der Waals surface area (Å²) >= 11 is 1.54. The van der Waals surface area contributed by atoms with Gasteiger partial charge in [0.25, 0.3) is 11.8 Å². The lowest BCUT2D eigenvalue weighted by molar-refractivity contribution is -0.133. The van der Waals surface area contributed by atoms with Crippen LogP contribution in [0.15, 0.2) is 60.0 Å². The van der Waals surface area contributed by atoms with Gasteiger partial charge in [-0.1, -0.05) is 36.4 Å². The third-order valence-electron chi connectivity index (χ3n) is 6.65. The minimum atomic E-state index is -4.20. The van der Waals surface area contributed by atoms with E-state index in [2.05, 4.69) is 0 Å². The fourth-order valence-corrected chi connectivity index (χ4v) is 6.79. The first-order valence-corrected chi connectivity index (χ1v) is 14.0. The molecule has 1 aliphatic heterocycles. The van der Waals surface area contributed by atoms with Crippen LogP contribution in [0, 0.1) is 0 Å². The number of fused-ring (bicyclic) bond motifs is 1. The number of likely N-dealkylation sites (N-methyl/N-ethyl adjacent to an activating group) is 1. The van der Waals surface area contributed by atoms with Gasteiger partial charge in [-0.15, -0.1) is 11.3 Å². The number of imide groups is 1. The molecular weight excluding hydrogens is 516 g/mol. The van der Waals surface area contributed by atoms with Crippen molar-refractivity contribution in [2.45, 2.75) is 31.2 Å². The Hall–Kier alpha value is -3.32. The highest BCUT2D eigenvalue weighted by Gasteiger charge is 2.49. The van der Waals surface area contributed by atoms with Gasteiger partial charge in [-0.3, -0.25) is 19.7 Å². The molecule has 2 N–H and O–H groups in total. The highest BCUT2D eigenvalue weighted by atomic mass is 32.2. The average molecular weight is 545 g/mol. The quantitative estimate of drug-likeness (QED) is 0.242. The summed E-state index contributed by atoms with van der Waals surface area (Å²) in [6.07, 6.45) is 0. The summed E-state index contributed by atoms with van der Waals surface area (Å²) < 4.78 is 29.6. The van der Waals surface area contributed by atoms with Crippen LogP contribution in [0.4, 0.5) is 4.79 Å². The van der Waals surface area contributed by atoms with Gasteiger partial charge in [0.1, 0.15) is 11.6 Å². The Labute approximate surface area is 219 Å². The fraction of sp³-hybridized carbons (Fsp3) is 0.320. The van der Waals surface area contributed by atoms with Crippen LogP contribution in [0.1, 0.15) is 31.0 Å². The van der Waals surface area contributed by atoms with Crippen molar-refractivity contribution >= 4 is 49.3 Å². The number of rotatable bonds is 9. The number of urea groups is 1. The summed E-state index contributed by atoms with van der Waals surface area (Å²) in [7, 11) is -2.70. The Morgan fingerprint density at radius 3 is 2.46 bits per heavy atom. The Bertz CT molecular complexity index is 1440. The number of amides is 4. The Morgan fingerprint density at radius 2 is 1.84 bits per heavy atom. The van der Waals surface area contributed by atoms with E-state index in [4.69, 9.17) is 0 Å². The number of hydrogen-bond donors (Lipinski definition) is 2. The molecule has 1 saturated heterocycles. The van der Waals surface area contributed by atoms with E-state index < -0.39 is 45.2 Å². The normalized spacial score (nSPS) is 16.6. The Kier molecular flexibility index (Phi) is 7.38. The van der Waals surface area contributed by atoms with Gasteiger partial charge < -0.3 is 4.90 Å². The molecule has 0 radical (unpaired) electrons. The maximum absolute atomic E-state index is 13.8. The highest BCUT2D eigenvalue weighted by molar-refractivity contribution is 7.88. The van der Waals surface area contributed by atoms with Crippen molar-refractivity contribution in [2.75, 3.05) is 20.1 Å². The zero-order chi connectivity index (χ0) is 27.0. The molecule has 1 aliphatic rings. The van der Waals surface area contributed by atoms with Crippen LogP contribution in [-0.2, 0) is 25.4 Å². The molecule has 3 aromatic rings. The van der Waals surface area contributed by atoms with Crippen LogP contribution < -0.4 is 5.48 Å². The van der Waals surface area contributed by atoms with Crippen LogP contribution in [0.5, 0.6) is 0 Å². The first-order valence-electron chi connectivity index (χ1n) is 11.5. The van der Waals surface area contributed by atoms with Crippen LogP contribution in [0.3, 0.4) is 0 Å². The molecule has 1 aromatic heterocycles. The molecule has 2 heterocycles. The number of sulfonamides is 1. The first-order chi connectivity index (χ1) is 17.5. The summed E-state index contributed by atoms with van der Waals surface area (Å²) in [5.41, 5.74) is 1.32. The molecule has 0 saturated carbocycles. The molecule has 37 heavy (non-hydrogen) atoms. The average Bonchev–Trinajstić information content (AvgIpc) is 3.39. The van der Waals surface area contributed by atoms with Gasteiger partial charge in [0.15, 0.2) is 0 Å². The fourth-order valence-electron chi connectivity index (χ4n) is 4.35. The molecule has 1 atom stereocenters. The second-order valence-corrected chi connectivity index (χ2v) is 12.2. The minimum Gasteiger partial charge on any atom is -0.313 e. The zero-order valence-electron chi connectivity index (χ0n) is 20.6. The second kappa shape index (κ2) is 10.2. The Balaban J connectivity index is 1.71. The largest absolute Gasteiger partial charge is 0.327 e. The maximum atomic E-state index is 13.8. The molecule has 2 aromatic carbocycles. The molecular formula is C25H28N4O6S2. The number of hydrogen-bond acceptors (Lipinski definition) is 7. The van der Waals surface area contributed by atoms with Crippen LogP contribution in [0.2, 0.25) is 0 Å². The summed E-state index contributed by atoms with van der Waals surface area (Å²) in [5.74, 6) is -1.85. The molecule has 0 bridgehead atoms. The number of carbonyl (C=O) groups is 3. The molecule has 10 nitrogen and oxygen atoms in total. The van der Waals surface area contributed by atoms with E-state index in [1.54, 1.807) is 61.8 Å². The van der Waals surface area contributed by atoms with Gasteiger partial charge in [0, 0.05) is 24.8 Å². The highest BCUT2D eigenvalue weighted by Crippen LogP contribution is 2.30. The monoisotopic (exact) mass is 544 g/mol. The van der Waals surface area contributed by atoms with E-state index >= 15 is 0 Å². The second-order valence-electron chi connectivity index (χ2n) is 9.31. The molecule has 196 valence electrons. The predicted molar refractivity (Wildman–Crippen MR) is 139 cm³/mol. The number of benzene rings is 2. The summed E-state index contributed by atoms with van der Waals surface area (Å²) in [6, 6.07) is 13.4. The van der Waals surface area contributed by atoms with Gasteiger partial charge in [-0.05, 0) is 53.9 Å². The van der Waals surface area contributed by atoms with Gasteiger partial charge in [0.2, 0.25) is 10.0 Å². The van der Waals surface area contributed by atoms with Gasteiger partial charge in [-0.2, -0.15) is 4.31 Å². The summed E-state index contributed by atoms with van der Waals surface area (Å²) in [4.78, 5) is 40.8. The number of nitrogens with zero attached hydrogens (tertiary/aromatic N) is 3. The first kappa shape index (κ1) is 26.7. The topological polar surface area (TPSA) is 127 Å². The van der Waals surface area contributed by atoms with Crippen molar-refractivity contribution in [2.24, 2.45) is 0 Å². The van der Waals surface area contributed by atoms with E-state index in [9.17, 15) is 28.0 Å². The molecule has 1 unspecified atom stereocenters. The number of thiophene rings is 1. The third-order valence-corrected chi connectivity index (χ3v) is 9.36. The minimum absolute atomic E-state index is 0.268. The number of nitrogens with one attached hydrogen (secondary N) is 1. The lowest BCUT2D eigenvalue weighted by Gasteiger charge is -2.31.